The van der Waals surface area contributed by atoms with Gasteiger partial charge in [-0.15, -0.1) is 4.40 Å². The molecule has 0 radical (unpaired) electrons. The van der Waals surface area contributed by atoms with E-state index in [1.54, 1.807) is 6.92 Å². The number of ether oxygens (including phenoxy) is 1. The number of sulfonamides is 1. The molecule has 154 valence electrons. The quantitative estimate of drug-likeness (QED) is 0.778. The normalized spacial score (nSPS) is 16.7. The van der Waals surface area contributed by atoms with E-state index in [0.717, 1.165) is 13.0 Å². The standard InChI is InChI=1S/C20H22FN3O4S/c1-14(28-17-9-5-15(21)6-10-17)20(25)22-16-7-11-18(12-8-16)29(26,27)23-19-4-3-13-24(19)2/h5-12,14H,3-4,13H2,1-2H3,(H,22,25)/b23-19-. The summed E-state index contributed by atoms with van der Waals surface area (Å²) in [6.07, 6.45) is 0.692. The molecule has 0 spiro atoms. The van der Waals surface area contributed by atoms with Crippen LogP contribution < -0.4 is 10.1 Å². The molecule has 1 amide bonds. The number of amides is 1. The number of halogens is 1. The van der Waals surface area contributed by atoms with Crippen molar-refractivity contribution < 1.29 is 22.3 Å². The predicted molar refractivity (Wildman–Crippen MR) is 108 cm³/mol. The summed E-state index contributed by atoms with van der Waals surface area (Å²) in [7, 11) is -1.99. The largest absolute Gasteiger partial charge is 0.481 e. The van der Waals surface area contributed by atoms with Crippen LogP contribution in [0.5, 0.6) is 5.75 Å². The number of anilines is 1. The van der Waals surface area contributed by atoms with Gasteiger partial charge in [0.2, 0.25) is 0 Å². The second kappa shape index (κ2) is 8.60. The fraction of sp³-hybridized carbons (Fsp3) is 0.300. The molecule has 9 heteroatoms. The molecule has 0 aromatic heterocycles. The molecule has 1 aliphatic heterocycles. The van der Waals surface area contributed by atoms with Crippen LogP contribution in [0, 0.1) is 5.82 Å². The molecule has 0 saturated carbocycles. The molecule has 2 aromatic carbocycles. The molecule has 2 aromatic rings. The first-order valence-electron chi connectivity index (χ1n) is 9.13. The highest BCUT2D eigenvalue weighted by Crippen LogP contribution is 2.20. The minimum atomic E-state index is -3.80. The molecule has 1 heterocycles. The Bertz CT molecular complexity index is 1010. The monoisotopic (exact) mass is 419 g/mol. The molecule has 3 rings (SSSR count). The third kappa shape index (κ3) is 5.32. The zero-order chi connectivity index (χ0) is 21.0. The average molecular weight is 419 g/mol. The van der Waals surface area contributed by atoms with Crippen molar-refractivity contribution in [2.24, 2.45) is 4.40 Å². The summed E-state index contributed by atoms with van der Waals surface area (Å²) in [5.41, 5.74) is 0.425. The summed E-state index contributed by atoms with van der Waals surface area (Å²) >= 11 is 0. The van der Waals surface area contributed by atoms with Crippen LogP contribution in [-0.4, -0.2) is 44.8 Å². The summed E-state index contributed by atoms with van der Waals surface area (Å²) in [5.74, 6) is 0.104. The molecule has 0 aliphatic carbocycles. The summed E-state index contributed by atoms with van der Waals surface area (Å²) in [5, 5.41) is 2.66. The second-order valence-electron chi connectivity index (χ2n) is 6.74. The van der Waals surface area contributed by atoms with Crippen molar-refractivity contribution in [3.05, 3.63) is 54.3 Å². The summed E-state index contributed by atoms with van der Waals surface area (Å²) in [6, 6.07) is 11.1. The number of benzene rings is 2. The average Bonchev–Trinajstić information content (AvgIpc) is 3.08. The zero-order valence-corrected chi connectivity index (χ0v) is 16.9. The second-order valence-corrected chi connectivity index (χ2v) is 8.34. The molecular formula is C20H22FN3O4S. The molecule has 29 heavy (non-hydrogen) atoms. The molecule has 1 fully saturated rings. The lowest BCUT2D eigenvalue weighted by atomic mass is 10.3. The van der Waals surface area contributed by atoms with Gasteiger partial charge in [-0.25, -0.2) is 4.39 Å². The Labute approximate surface area is 169 Å². The number of hydrogen-bond donors (Lipinski definition) is 1. The first kappa shape index (κ1) is 20.8. The van der Waals surface area contributed by atoms with Gasteiger partial charge in [0.25, 0.3) is 15.9 Å². The number of carbonyl (C=O) groups excluding carboxylic acids is 1. The molecule has 1 aliphatic rings. The van der Waals surface area contributed by atoms with Crippen molar-refractivity contribution in [3.8, 4) is 5.75 Å². The first-order chi connectivity index (χ1) is 13.7. The van der Waals surface area contributed by atoms with E-state index in [1.165, 1.54) is 48.5 Å². The smallest absolute Gasteiger partial charge is 0.283 e. The van der Waals surface area contributed by atoms with Crippen LogP contribution in [0.1, 0.15) is 19.8 Å². The van der Waals surface area contributed by atoms with E-state index in [-0.39, 0.29) is 4.90 Å². The Morgan fingerprint density at radius 3 is 2.41 bits per heavy atom. The van der Waals surface area contributed by atoms with Gasteiger partial charge in [-0.1, -0.05) is 0 Å². The van der Waals surface area contributed by atoms with Crippen LogP contribution in [0.2, 0.25) is 0 Å². The van der Waals surface area contributed by atoms with E-state index in [4.69, 9.17) is 4.74 Å². The number of nitrogens with zero attached hydrogens (tertiary/aromatic N) is 2. The molecular weight excluding hydrogens is 397 g/mol. The van der Waals surface area contributed by atoms with Crippen LogP contribution in [0.15, 0.2) is 57.8 Å². The lowest BCUT2D eigenvalue weighted by molar-refractivity contribution is -0.122. The molecule has 1 atom stereocenters. The number of nitrogens with one attached hydrogen (secondary N) is 1. The van der Waals surface area contributed by atoms with Gasteiger partial charge in [0.15, 0.2) is 6.10 Å². The van der Waals surface area contributed by atoms with Crippen LogP contribution in [0.4, 0.5) is 10.1 Å². The van der Waals surface area contributed by atoms with Gasteiger partial charge >= 0.3 is 0 Å². The Morgan fingerprint density at radius 2 is 1.83 bits per heavy atom. The third-order valence-corrected chi connectivity index (χ3v) is 5.79. The van der Waals surface area contributed by atoms with Crippen molar-refractivity contribution in [3.63, 3.8) is 0 Å². The predicted octanol–water partition coefficient (Wildman–Crippen LogP) is 3.04. The van der Waals surface area contributed by atoms with Gasteiger partial charge in [0.05, 0.1) is 4.90 Å². The minimum Gasteiger partial charge on any atom is -0.481 e. The van der Waals surface area contributed by atoms with E-state index >= 15 is 0 Å². The molecule has 0 bridgehead atoms. The van der Waals surface area contributed by atoms with Gasteiger partial charge < -0.3 is 15.0 Å². The maximum Gasteiger partial charge on any atom is 0.283 e. The van der Waals surface area contributed by atoms with Gasteiger partial charge in [-0.3, -0.25) is 4.79 Å². The number of carbonyl (C=O) groups is 1. The maximum absolute atomic E-state index is 12.9. The SMILES string of the molecule is CC(Oc1ccc(F)cc1)C(=O)Nc1ccc(S(=O)(=O)/N=C2/CCCN2C)cc1. The van der Waals surface area contributed by atoms with Crippen LogP contribution in [0.3, 0.4) is 0 Å². The number of likely N-dealkylation sites (tertiary alicyclic amines) is 1. The Kier molecular flexibility index (Phi) is 6.17. The van der Waals surface area contributed by atoms with Crippen molar-refractivity contribution in [2.45, 2.75) is 30.8 Å². The summed E-state index contributed by atoms with van der Waals surface area (Å²) < 4.78 is 47.2. The number of rotatable bonds is 6. The fourth-order valence-electron chi connectivity index (χ4n) is 2.83. The third-order valence-electron chi connectivity index (χ3n) is 4.48. The summed E-state index contributed by atoms with van der Waals surface area (Å²) in [4.78, 5) is 14.2. The Morgan fingerprint density at radius 1 is 1.17 bits per heavy atom. The Balaban J connectivity index is 1.63. The van der Waals surface area contributed by atoms with Crippen molar-refractivity contribution in [1.82, 2.24) is 4.90 Å². The molecule has 7 nitrogen and oxygen atoms in total. The van der Waals surface area contributed by atoms with Crippen LogP contribution in [-0.2, 0) is 14.8 Å². The van der Waals surface area contributed by atoms with Crippen molar-refractivity contribution in [1.29, 1.82) is 0 Å². The van der Waals surface area contributed by atoms with Gasteiger partial charge in [-0.2, -0.15) is 8.42 Å². The van der Waals surface area contributed by atoms with Gasteiger partial charge in [-0.05, 0) is 61.9 Å². The van der Waals surface area contributed by atoms with E-state index in [9.17, 15) is 17.6 Å². The number of hydrogen-bond acceptors (Lipinski definition) is 4. The highest BCUT2D eigenvalue weighted by molar-refractivity contribution is 7.90. The van der Waals surface area contributed by atoms with E-state index in [0.29, 0.717) is 23.7 Å². The van der Waals surface area contributed by atoms with E-state index in [1.807, 2.05) is 11.9 Å². The number of amidine groups is 1. The van der Waals surface area contributed by atoms with E-state index < -0.39 is 27.9 Å². The van der Waals surface area contributed by atoms with Gasteiger partial charge in [0.1, 0.15) is 17.4 Å². The maximum atomic E-state index is 12.9. The van der Waals surface area contributed by atoms with Crippen molar-refractivity contribution >= 4 is 27.5 Å². The highest BCUT2D eigenvalue weighted by Gasteiger charge is 2.20. The Hall–Kier alpha value is -2.94. The topological polar surface area (TPSA) is 88.1 Å². The van der Waals surface area contributed by atoms with Crippen molar-refractivity contribution in [2.75, 3.05) is 18.9 Å². The van der Waals surface area contributed by atoms with Gasteiger partial charge in [0, 0.05) is 25.7 Å². The molecule has 1 N–H and O–H groups in total. The fourth-order valence-corrected chi connectivity index (χ4v) is 3.92. The highest BCUT2D eigenvalue weighted by atomic mass is 32.2. The molecule has 1 saturated heterocycles. The minimum absolute atomic E-state index is 0.0545. The molecule has 1 unspecified atom stereocenters. The lowest BCUT2D eigenvalue weighted by Crippen LogP contribution is -2.30. The summed E-state index contributed by atoms with van der Waals surface area (Å²) in [6.45, 7) is 2.35. The zero-order valence-electron chi connectivity index (χ0n) is 16.1. The van der Waals surface area contributed by atoms with Crippen LogP contribution >= 0.6 is 0 Å². The van der Waals surface area contributed by atoms with Crippen LogP contribution in [0.25, 0.3) is 0 Å². The first-order valence-corrected chi connectivity index (χ1v) is 10.6. The van der Waals surface area contributed by atoms with E-state index in [2.05, 4.69) is 9.71 Å². The lowest BCUT2D eigenvalue weighted by Gasteiger charge is -2.15.